The summed E-state index contributed by atoms with van der Waals surface area (Å²) in [5.74, 6) is 0.0256. The standard InChI is InChI=1S/C21H31NO3/c1-21(2,3)17-11-9-16(10-12-17)13-18(20(24)25-4)22-19(23)14-15-7-5-6-8-15/h9-12,15,18H,5-8,13-14H2,1-4H3,(H,22,23)/t18-/m0/s1. The van der Waals surface area contributed by atoms with E-state index < -0.39 is 6.04 Å². The molecule has 0 aromatic heterocycles. The van der Waals surface area contributed by atoms with Crippen LogP contribution in [0.3, 0.4) is 0 Å². The van der Waals surface area contributed by atoms with Crippen LogP contribution in [0.1, 0.15) is 64.0 Å². The smallest absolute Gasteiger partial charge is 0.328 e. The minimum Gasteiger partial charge on any atom is -0.467 e. The van der Waals surface area contributed by atoms with Crippen molar-refractivity contribution in [3.8, 4) is 0 Å². The summed E-state index contributed by atoms with van der Waals surface area (Å²) in [6.07, 6.45) is 5.61. The predicted molar refractivity (Wildman–Crippen MR) is 99.4 cm³/mol. The molecule has 1 amide bonds. The van der Waals surface area contributed by atoms with Gasteiger partial charge in [0.2, 0.25) is 5.91 Å². The van der Waals surface area contributed by atoms with Gasteiger partial charge in [-0.2, -0.15) is 0 Å². The number of carbonyl (C=O) groups excluding carboxylic acids is 2. The van der Waals surface area contributed by atoms with E-state index in [1.165, 1.54) is 25.5 Å². The highest BCUT2D eigenvalue weighted by Crippen LogP contribution is 2.27. The maximum absolute atomic E-state index is 12.3. The Balaban J connectivity index is 1.99. The van der Waals surface area contributed by atoms with E-state index in [-0.39, 0.29) is 17.3 Å². The number of amides is 1. The van der Waals surface area contributed by atoms with Gasteiger partial charge in [0.1, 0.15) is 6.04 Å². The van der Waals surface area contributed by atoms with Gasteiger partial charge in [-0.25, -0.2) is 4.79 Å². The van der Waals surface area contributed by atoms with E-state index >= 15 is 0 Å². The van der Waals surface area contributed by atoms with E-state index in [1.54, 1.807) is 0 Å². The fourth-order valence-electron chi connectivity index (χ4n) is 3.44. The highest BCUT2D eigenvalue weighted by Gasteiger charge is 2.25. The van der Waals surface area contributed by atoms with Crippen LogP contribution in [0.25, 0.3) is 0 Å². The maximum atomic E-state index is 12.3. The van der Waals surface area contributed by atoms with Gasteiger partial charge in [-0.3, -0.25) is 4.79 Å². The normalized spacial score (nSPS) is 16.5. The molecule has 4 nitrogen and oxygen atoms in total. The van der Waals surface area contributed by atoms with Crippen LogP contribution in [-0.4, -0.2) is 25.0 Å². The molecular weight excluding hydrogens is 314 g/mol. The molecule has 1 aliphatic carbocycles. The van der Waals surface area contributed by atoms with Gasteiger partial charge >= 0.3 is 5.97 Å². The average molecular weight is 345 g/mol. The molecule has 0 spiro atoms. The fourth-order valence-corrected chi connectivity index (χ4v) is 3.44. The van der Waals surface area contributed by atoms with Crippen LogP contribution >= 0.6 is 0 Å². The lowest BCUT2D eigenvalue weighted by Crippen LogP contribution is -2.43. The zero-order valence-electron chi connectivity index (χ0n) is 15.9. The molecular formula is C21H31NO3. The molecule has 0 radical (unpaired) electrons. The number of methoxy groups -OCH3 is 1. The van der Waals surface area contributed by atoms with Crippen LogP contribution in [0.5, 0.6) is 0 Å². The molecule has 1 aliphatic rings. The van der Waals surface area contributed by atoms with Crippen molar-refractivity contribution in [3.63, 3.8) is 0 Å². The number of nitrogens with one attached hydrogen (secondary N) is 1. The molecule has 0 heterocycles. The molecule has 2 rings (SSSR count). The Hall–Kier alpha value is -1.84. The van der Waals surface area contributed by atoms with Crippen LogP contribution in [0.15, 0.2) is 24.3 Å². The zero-order chi connectivity index (χ0) is 18.4. The summed E-state index contributed by atoms with van der Waals surface area (Å²) in [5.41, 5.74) is 2.36. The van der Waals surface area contributed by atoms with E-state index in [0.717, 1.165) is 18.4 Å². The van der Waals surface area contributed by atoms with Gasteiger partial charge in [-0.1, -0.05) is 57.9 Å². The summed E-state index contributed by atoms with van der Waals surface area (Å²) in [5, 5.41) is 2.87. The third kappa shape index (κ3) is 5.87. The molecule has 1 N–H and O–H groups in total. The van der Waals surface area contributed by atoms with Crippen molar-refractivity contribution in [3.05, 3.63) is 35.4 Å². The van der Waals surface area contributed by atoms with Crippen molar-refractivity contribution < 1.29 is 14.3 Å². The second-order valence-electron chi connectivity index (χ2n) is 8.15. The molecule has 0 saturated heterocycles. The van der Waals surface area contributed by atoms with Crippen molar-refractivity contribution in [1.82, 2.24) is 5.32 Å². The molecule has 1 atom stereocenters. The molecule has 4 heteroatoms. The Morgan fingerprint density at radius 3 is 2.28 bits per heavy atom. The van der Waals surface area contributed by atoms with Crippen molar-refractivity contribution in [2.45, 2.75) is 70.8 Å². The summed E-state index contributed by atoms with van der Waals surface area (Å²) < 4.78 is 4.88. The van der Waals surface area contributed by atoms with Crippen LogP contribution < -0.4 is 5.32 Å². The lowest BCUT2D eigenvalue weighted by Gasteiger charge is -2.21. The lowest BCUT2D eigenvalue weighted by atomic mass is 9.86. The van der Waals surface area contributed by atoms with Gasteiger partial charge in [0.25, 0.3) is 0 Å². The molecule has 138 valence electrons. The summed E-state index contributed by atoms with van der Waals surface area (Å²) in [6, 6.07) is 7.60. The molecule has 0 aliphatic heterocycles. The van der Waals surface area contributed by atoms with Crippen molar-refractivity contribution in [2.24, 2.45) is 5.92 Å². The lowest BCUT2D eigenvalue weighted by molar-refractivity contribution is -0.145. The van der Waals surface area contributed by atoms with Crippen LogP contribution in [0.2, 0.25) is 0 Å². The van der Waals surface area contributed by atoms with E-state index in [9.17, 15) is 9.59 Å². The predicted octanol–water partition coefficient (Wildman–Crippen LogP) is 3.76. The number of esters is 1. The second kappa shape index (κ2) is 8.50. The van der Waals surface area contributed by atoms with Gasteiger partial charge in [0.15, 0.2) is 0 Å². The minimum atomic E-state index is -0.626. The number of carbonyl (C=O) groups is 2. The molecule has 1 saturated carbocycles. The second-order valence-corrected chi connectivity index (χ2v) is 8.15. The largest absolute Gasteiger partial charge is 0.467 e. The van der Waals surface area contributed by atoms with E-state index in [4.69, 9.17) is 4.74 Å². The first-order valence-electron chi connectivity index (χ1n) is 9.26. The van der Waals surface area contributed by atoms with Crippen LogP contribution in [0.4, 0.5) is 0 Å². The van der Waals surface area contributed by atoms with Gasteiger partial charge in [-0.15, -0.1) is 0 Å². The van der Waals surface area contributed by atoms with Crippen molar-refractivity contribution in [1.29, 1.82) is 0 Å². The topological polar surface area (TPSA) is 55.4 Å². The van der Waals surface area contributed by atoms with E-state index in [1.807, 2.05) is 12.1 Å². The average Bonchev–Trinajstić information content (AvgIpc) is 3.06. The summed E-state index contributed by atoms with van der Waals surface area (Å²) in [7, 11) is 1.36. The third-order valence-electron chi connectivity index (χ3n) is 5.03. The van der Waals surface area contributed by atoms with Crippen LogP contribution in [0, 0.1) is 5.92 Å². The number of hydrogen-bond donors (Lipinski definition) is 1. The van der Waals surface area contributed by atoms with Crippen molar-refractivity contribution >= 4 is 11.9 Å². The fraction of sp³-hybridized carbons (Fsp3) is 0.619. The Labute approximate surface area is 151 Å². The molecule has 1 aromatic rings. The van der Waals surface area contributed by atoms with E-state index in [2.05, 4.69) is 38.2 Å². The van der Waals surface area contributed by atoms with E-state index in [0.29, 0.717) is 18.8 Å². The highest BCUT2D eigenvalue weighted by atomic mass is 16.5. The molecule has 25 heavy (non-hydrogen) atoms. The molecule has 0 bridgehead atoms. The molecule has 1 aromatic carbocycles. The minimum absolute atomic E-state index is 0.0476. The van der Waals surface area contributed by atoms with Crippen LogP contribution in [-0.2, 0) is 26.2 Å². The third-order valence-corrected chi connectivity index (χ3v) is 5.03. The number of hydrogen-bond acceptors (Lipinski definition) is 3. The van der Waals surface area contributed by atoms with Gasteiger partial charge in [0.05, 0.1) is 7.11 Å². The van der Waals surface area contributed by atoms with Gasteiger partial charge in [0, 0.05) is 12.8 Å². The first-order chi connectivity index (χ1) is 11.8. The zero-order valence-corrected chi connectivity index (χ0v) is 15.9. The summed E-state index contributed by atoms with van der Waals surface area (Å²) in [4.78, 5) is 24.4. The monoisotopic (exact) mass is 345 g/mol. The summed E-state index contributed by atoms with van der Waals surface area (Å²) >= 11 is 0. The SMILES string of the molecule is COC(=O)[C@H](Cc1ccc(C(C)(C)C)cc1)NC(=O)CC1CCCC1. The Morgan fingerprint density at radius 1 is 1.16 bits per heavy atom. The Morgan fingerprint density at radius 2 is 1.76 bits per heavy atom. The molecule has 1 fully saturated rings. The Bertz CT molecular complexity index is 580. The van der Waals surface area contributed by atoms with Gasteiger partial charge in [-0.05, 0) is 35.3 Å². The number of benzene rings is 1. The number of rotatable bonds is 6. The molecule has 0 unspecified atom stereocenters. The maximum Gasteiger partial charge on any atom is 0.328 e. The van der Waals surface area contributed by atoms with Gasteiger partial charge < -0.3 is 10.1 Å². The Kier molecular flexibility index (Phi) is 6.63. The number of ether oxygens (including phenoxy) is 1. The first-order valence-corrected chi connectivity index (χ1v) is 9.26. The highest BCUT2D eigenvalue weighted by molar-refractivity contribution is 5.84. The quantitative estimate of drug-likeness (QED) is 0.799. The summed E-state index contributed by atoms with van der Waals surface area (Å²) in [6.45, 7) is 6.51. The van der Waals surface area contributed by atoms with Crippen molar-refractivity contribution in [2.75, 3.05) is 7.11 Å². The first kappa shape index (κ1) is 19.5.